The maximum atomic E-state index is 11.2. The molecule has 7 heteroatoms. The molecule has 1 aliphatic rings. The summed E-state index contributed by atoms with van der Waals surface area (Å²) in [5, 5.41) is 0. The van der Waals surface area contributed by atoms with Crippen molar-refractivity contribution in [2.75, 3.05) is 18.1 Å². The predicted octanol–water partition coefficient (Wildman–Crippen LogP) is 1.00. The van der Waals surface area contributed by atoms with Crippen LogP contribution in [0.25, 0.3) is 0 Å². The van der Waals surface area contributed by atoms with Gasteiger partial charge in [0.25, 0.3) is 0 Å². The van der Waals surface area contributed by atoms with Crippen LogP contribution in [0, 0.1) is 0 Å². The molecule has 0 amide bonds. The van der Waals surface area contributed by atoms with Crippen LogP contribution in [-0.4, -0.2) is 32.9 Å². The molecule has 17 heavy (non-hydrogen) atoms. The normalized spacial score (nSPS) is 15.4. The van der Waals surface area contributed by atoms with Gasteiger partial charge < -0.3 is 9.47 Å². The molecule has 0 saturated heterocycles. The van der Waals surface area contributed by atoms with Gasteiger partial charge in [-0.15, -0.1) is 0 Å². The summed E-state index contributed by atoms with van der Waals surface area (Å²) in [4.78, 5) is 3.99. The average Bonchev–Trinajstić information content (AvgIpc) is 3.02. The lowest BCUT2D eigenvalue weighted by atomic mass is 10.4. The summed E-state index contributed by atoms with van der Waals surface area (Å²) in [7, 11) is -1.89. The molecule has 1 aromatic heterocycles. The highest BCUT2D eigenvalue weighted by molar-refractivity contribution is 7.92. The van der Waals surface area contributed by atoms with E-state index < -0.39 is 10.0 Å². The van der Waals surface area contributed by atoms with Gasteiger partial charge in [0.1, 0.15) is 0 Å². The topological polar surface area (TPSA) is 77.5 Å². The van der Waals surface area contributed by atoms with Gasteiger partial charge in [0, 0.05) is 6.07 Å². The van der Waals surface area contributed by atoms with E-state index >= 15 is 0 Å². The lowest BCUT2D eigenvalue weighted by Gasteiger charge is -2.12. The number of sulfonamides is 1. The third-order valence-electron chi connectivity index (χ3n) is 2.16. The monoisotopic (exact) mass is 258 g/mol. The van der Waals surface area contributed by atoms with Gasteiger partial charge in [-0.1, -0.05) is 0 Å². The molecule has 0 aromatic carbocycles. The van der Waals surface area contributed by atoms with Crippen LogP contribution in [-0.2, 0) is 10.0 Å². The number of nitrogens with one attached hydrogen (secondary N) is 1. The molecule has 0 radical (unpaired) electrons. The van der Waals surface area contributed by atoms with Crippen molar-refractivity contribution < 1.29 is 17.9 Å². The summed E-state index contributed by atoms with van der Waals surface area (Å²) in [5.74, 6) is 0.762. The van der Waals surface area contributed by atoms with Gasteiger partial charge in [-0.05, 0) is 12.8 Å². The van der Waals surface area contributed by atoms with Crippen molar-refractivity contribution in [3.63, 3.8) is 0 Å². The molecule has 0 bridgehead atoms. The fraction of sp³-hybridized carbons (Fsp3) is 0.500. The van der Waals surface area contributed by atoms with E-state index in [9.17, 15) is 8.42 Å². The first kappa shape index (κ1) is 12.0. The molecule has 1 fully saturated rings. The van der Waals surface area contributed by atoms with E-state index in [2.05, 4.69) is 9.71 Å². The summed E-state index contributed by atoms with van der Waals surface area (Å²) in [6.45, 7) is 0. The number of rotatable bonds is 5. The fourth-order valence-electron chi connectivity index (χ4n) is 1.27. The Bertz CT molecular complexity index is 511. The van der Waals surface area contributed by atoms with Crippen molar-refractivity contribution in [1.82, 2.24) is 4.98 Å². The van der Waals surface area contributed by atoms with Crippen molar-refractivity contribution in [1.29, 1.82) is 0 Å². The molecule has 2 rings (SSSR count). The second-order valence-electron chi connectivity index (χ2n) is 3.91. The molecule has 1 aliphatic carbocycles. The Balaban J connectivity index is 2.28. The first-order valence-corrected chi connectivity index (χ1v) is 7.05. The van der Waals surface area contributed by atoms with Crippen LogP contribution in [0.4, 0.5) is 5.69 Å². The van der Waals surface area contributed by atoms with Crippen LogP contribution in [0.1, 0.15) is 12.8 Å². The molecule has 1 N–H and O–H groups in total. The second-order valence-corrected chi connectivity index (χ2v) is 5.66. The van der Waals surface area contributed by atoms with E-state index in [0.29, 0.717) is 17.3 Å². The van der Waals surface area contributed by atoms with Crippen molar-refractivity contribution in [3.8, 4) is 11.6 Å². The number of nitrogens with zero attached hydrogens (tertiary/aromatic N) is 1. The third-order valence-corrected chi connectivity index (χ3v) is 2.76. The molecule has 0 spiro atoms. The maximum absolute atomic E-state index is 11.2. The van der Waals surface area contributed by atoms with E-state index in [1.165, 1.54) is 19.4 Å². The minimum absolute atomic E-state index is 0.172. The van der Waals surface area contributed by atoms with Crippen molar-refractivity contribution in [3.05, 3.63) is 12.3 Å². The fourth-order valence-corrected chi connectivity index (χ4v) is 1.83. The lowest BCUT2D eigenvalue weighted by molar-refractivity contribution is 0.302. The summed E-state index contributed by atoms with van der Waals surface area (Å²) in [6, 6.07) is 1.50. The van der Waals surface area contributed by atoms with Gasteiger partial charge in [-0.2, -0.15) is 0 Å². The molecule has 1 heterocycles. The third kappa shape index (κ3) is 3.48. The molecule has 0 atom stereocenters. The number of pyridine rings is 1. The summed E-state index contributed by atoms with van der Waals surface area (Å²) in [6.07, 6.45) is 4.70. The zero-order chi connectivity index (χ0) is 12.5. The number of hydrogen-bond donors (Lipinski definition) is 1. The van der Waals surface area contributed by atoms with E-state index in [0.717, 1.165) is 19.1 Å². The van der Waals surface area contributed by atoms with Crippen LogP contribution in [0.15, 0.2) is 12.3 Å². The lowest BCUT2D eigenvalue weighted by Crippen LogP contribution is -2.12. The summed E-state index contributed by atoms with van der Waals surface area (Å²) in [5.41, 5.74) is 0.353. The Kier molecular flexibility index (Phi) is 3.10. The van der Waals surface area contributed by atoms with Crippen LogP contribution in [0.5, 0.6) is 11.6 Å². The smallest absolute Gasteiger partial charge is 0.229 e. The highest BCUT2D eigenvalue weighted by atomic mass is 32.2. The van der Waals surface area contributed by atoms with Gasteiger partial charge >= 0.3 is 0 Å². The Morgan fingerprint density at radius 1 is 1.47 bits per heavy atom. The second kappa shape index (κ2) is 4.40. The van der Waals surface area contributed by atoms with Gasteiger partial charge in [-0.3, -0.25) is 4.72 Å². The van der Waals surface area contributed by atoms with Gasteiger partial charge in [-0.25, -0.2) is 13.4 Å². The Morgan fingerprint density at radius 2 is 2.18 bits per heavy atom. The molecule has 1 saturated carbocycles. The largest absolute Gasteiger partial charge is 0.487 e. The molecule has 94 valence electrons. The van der Waals surface area contributed by atoms with Crippen molar-refractivity contribution >= 4 is 15.7 Å². The Labute approximate surface area is 100 Å². The number of anilines is 1. The van der Waals surface area contributed by atoms with E-state index in [1.807, 2.05) is 0 Å². The quantitative estimate of drug-likeness (QED) is 0.852. The van der Waals surface area contributed by atoms with Gasteiger partial charge in [0.2, 0.25) is 15.9 Å². The van der Waals surface area contributed by atoms with Crippen LogP contribution in [0.3, 0.4) is 0 Å². The molecule has 1 aromatic rings. The number of methoxy groups -OCH3 is 1. The number of aromatic nitrogens is 1. The van der Waals surface area contributed by atoms with Crippen LogP contribution < -0.4 is 14.2 Å². The molecular weight excluding hydrogens is 244 g/mol. The Morgan fingerprint density at radius 3 is 2.71 bits per heavy atom. The average molecular weight is 258 g/mol. The molecule has 0 aliphatic heterocycles. The number of hydrogen-bond acceptors (Lipinski definition) is 5. The Hall–Kier alpha value is -1.50. The molecular formula is C10H14N2O4S. The zero-order valence-corrected chi connectivity index (χ0v) is 10.5. The standard InChI is InChI=1S/C10H14N2O4S/c1-15-10-5-8(12-17(2,13)14)9(6-11-10)16-7-3-4-7/h5-7H,3-4H2,1-2H3,(H,11,12). The van der Waals surface area contributed by atoms with E-state index in [-0.39, 0.29) is 6.10 Å². The van der Waals surface area contributed by atoms with E-state index in [4.69, 9.17) is 9.47 Å². The maximum Gasteiger partial charge on any atom is 0.229 e. The number of ether oxygens (including phenoxy) is 2. The first-order chi connectivity index (χ1) is 7.98. The highest BCUT2D eigenvalue weighted by Crippen LogP contribution is 2.33. The SMILES string of the molecule is COc1cc(NS(C)(=O)=O)c(OC2CC2)cn1. The van der Waals surface area contributed by atoms with Gasteiger partial charge in [0.15, 0.2) is 5.75 Å². The van der Waals surface area contributed by atoms with E-state index in [1.54, 1.807) is 0 Å². The minimum Gasteiger partial charge on any atom is -0.487 e. The summed E-state index contributed by atoms with van der Waals surface area (Å²) < 4.78 is 35.3. The molecule has 6 nitrogen and oxygen atoms in total. The van der Waals surface area contributed by atoms with Crippen molar-refractivity contribution in [2.45, 2.75) is 18.9 Å². The van der Waals surface area contributed by atoms with Gasteiger partial charge in [0.05, 0.1) is 31.4 Å². The zero-order valence-electron chi connectivity index (χ0n) is 9.63. The van der Waals surface area contributed by atoms with Crippen LogP contribution >= 0.6 is 0 Å². The first-order valence-electron chi connectivity index (χ1n) is 5.16. The van der Waals surface area contributed by atoms with Crippen LogP contribution in [0.2, 0.25) is 0 Å². The molecule has 0 unspecified atom stereocenters. The van der Waals surface area contributed by atoms with Crippen molar-refractivity contribution in [2.24, 2.45) is 0 Å². The minimum atomic E-state index is -3.35. The predicted molar refractivity (Wildman–Crippen MR) is 62.9 cm³/mol. The summed E-state index contributed by atoms with van der Waals surface area (Å²) >= 11 is 0. The highest BCUT2D eigenvalue weighted by Gasteiger charge is 2.25.